The molecule has 0 saturated heterocycles. The number of fused-ring (bicyclic) bond motifs is 1. The Hall–Kier alpha value is -3.23. The van der Waals surface area contributed by atoms with Crippen LogP contribution in [-0.2, 0) is 20.7 Å². The molecule has 2 N–H and O–H groups in total. The van der Waals surface area contributed by atoms with Crippen LogP contribution in [0.1, 0.15) is 50.9 Å². The molecule has 0 atom stereocenters. The molecule has 1 aliphatic carbocycles. The summed E-state index contributed by atoms with van der Waals surface area (Å²) in [6, 6.07) is 6.64. The van der Waals surface area contributed by atoms with Gasteiger partial charge in [-0.05, 0) is 31.4 Å². The number of aromatic nitrogens is 2. The van der Waals surface area contributed by atoms with Crippen LogP contribution in [-0.4, -0.2) is 40.6 Å². The topological polar surface area (TPSA) is 119 Å². The lowest BCUT2D eigenvalue weighted by molar-refractivity contribution is -0.148. The molecule has 0 bridgehead atoms. The van der Waals surface area contributed by atoms with Gasteiger partial charge >= 0.3 is 12.0 Å². The Morgan fingerprint density at radius 3 is 2.73 bits per heavy atom. The molecule has 1 aliphatic rings. The van der Waals surface area contributed by atoms with E-state index in [0.29, 0.717) is 23.3 Å². The zero-order valence-electron chi connectivity index (χ0n) is 17.0. The Balaban J connectivity index is 1.53. The van der Waals surface area contributed by atoms with Gasteiger partial charge in [0, 0.05) is 19.0 Å². The third kappa shape index (κ3) is 5.65. The van der Waals surface area contributed by atoms with Gasteiger partial charge in [0.1, 0.15) is 5.82 Å². The lowest BCUT2D eigenvalue weighted by atomic mass is 10.2. The highest BCUT2D eigenvalue weighted by atomic mass is 16.5. The van der Waals surface area contributed by atoms with Crippen molar-refractivity contribution in [3.8, 4) is 0 Å². The SMILES string of the molecule is CCCCNC(=O)NC(=O)COC(=O)CCc1nc2ccccc2c(=O)n1C1CC1. The summed E-state index contributed by atoms with van der Waals surface area (Å²) in [5.74, 6) is -0.754. The summed E-state index contributed by atoms with van der Waals surface area (Å²) in [5, 5.41) is 5.20. The second-order valence-corrected chi connectivity index (χ2v) is 7.27. The number of hydrogen-bond acceptors (Lipinski definition) is 6. The van der Waals surface area contributed by atoms with Crippen LogP contribution in [0.15, 0.2) is 29.1 Å². The van der Waals surface area contributed by atoms with Gasteiger partial charge in [0.15, 0.2) is 6.61 Å². The van der Waals surface area contributed by atoms with Crippen LogP contribution in [0.4, 0.5) is 4.79 Å². The summed E-state index contributed by atoms with van der Waals surface area (Å²) >= 11 is 0. The fourth-order valence-electron chi connectivity index (χ4n) is 3.10. The molecule has 1 fully saturated rings. The molecule has 2 aromatic rings. The van der Waals surface area contributed by atoms with Crippen molar-refractivity contribution in [1.29, 1.82) is 0 Å². The van der Waals surface area contributed by atoms with E-state index in [1.165, 1.54) is 0 Å². The molecule has 0 aliphatic heterocycles. The van der Waals surface area contributed by atoms with E-state index in [1.807, 2.05) is 13.0 Å². The molecule has 160 valence electrons. The molecule has 0 radical (unpaired) electrons. The zero-order valence-corrected chi connectivity index (χ0v) is 17.0. The number of imide groups is 1. The fourth-order valence-corrected chi connectivity index (χ4v) is 3.10. The standard InChI is InChI=1S/C21H26N4O5/c1-2-3-12-22-21(29)24-18(26)13-30-19(27)11-10-17-23-16-7-5-4-6-15(16)20(28)25(17)14-8-9-14/h4-7,14H,2-3,8-13H2,1H3,(H2,22,24,26,29). The molecule has 30 heavy (non-hydrogen) atoms. The minimum atomic E-state index is -0.698. The van der Waals surface area contributed by atoms with Crippen LogP contribution in [0.2, 0.25) is 0 Å². The van der Waals surface area contributed by atoms with E-state index in [4.69, 9.17) is 4.74 Å². The number of benzene rings is 1. The molecule has 9 nitrogen and oxygen atoms in total. The molecule has 0 spiro atoms. The Bertz CT molecular complexity index is 997. The first kappa shape index (κ1) is 21.5. The van der Waals surface area contributed by atoms with Crippen molar-refractivity contribution in [3.63, 3.8) is 0 Å². The average molecular weight is 414 g/mol. The highest BCUT2D eigenvalue weighted by Crippen LogP contribution is 2.34. The van der Waals surface area contributed by atoms with Crippen molar-refractivity contribution in [2.45, 2.75) is 51.5 Å². The number of urea groups is 1. The Morgan fingerprint density at radius 1 is 1.23 bits per heavy atom. The van der Waals surface area contributed by atoms with Crippen molar-refractivity contribution in [2.24, 2.45) is 0 Å². The number of amides is 3. The molecule has 1 heterocycles. The highest BCUT2D eigenvalue weighted by Gasteiger charge is 2.28. The predicted octanol–water partition coefficient (Wildman–Crippen LogP) is 1.83. The van der Waals surface area contributed by atoms with Gasteiger partial charge < -0.3 is 10.1 Å². The summed E-state index contributed by atoms with van der Waals surface area (Å²) in [7, 11) is 0. The van der Waals surface area contributed by atoms with E-state index < -0.39 is 24.5 Å². The lowest BCUT2D eigenvalue weighted by Crippen LogP contribution is -2.41. The Labute approximate surface area is 173 Å². The second kappa shape index (κ2) is 10.00. The number of nitrogens with zero attached hydrogens (tertiary/aromatic N) is 2. The van der Waals surface area contributed by atoms with Gasteiger partial charge in [0.2, 0.25) is 0 Å². The van der Waals surface area contributed by atoms with Gasteiger partial charge in [-0.2, -0.15) is 0 Å². The summed E-state index contributed by atoms with van der Waals surface area (Å²) in [4.78, 5) is 52.6. The van der Waals surface area contributed by atoms with E-state index in [9.17, 15) is 19.2 Å². The third-order valence-corrected chi connectivity index (χ3v) is 4.78. The molecule has 9 heteroatoms. The van der Waals surface area contributed by atoms with Gasteiger partial charge in [-0.1, -0.05) is 25.5 Å². The average Bonchev–Trinajstić information content (AvgIpc) is 3.56. The number of carbonyl (C=O) groups excluding carboxylic acids is 3. The van der Waals surface area contributed by atoms with E-state index in [-0.39, 0.29) is 24.4 Å². The fraction of sp³-hybridized carbons (Fsp3) is 0.476. The van der Waals surface area contributed by atoms with Crippen LogP contribution >= 0.6 is 0 Å². The summed E-state index contributed by atoms with van der Waals surface area (Å²) in [5.41, 5.74) is 0.496. The molecule has 0 unspecified atom stereocenters. The third-order valence-electron chi connectivity index (χ3n) is 4.78. The Kier molecular flexibility index (Phi) is 7.16. The molecular formula is C21H26N4O5. The van der Waals surface area contributed by atoms with Gasteiger partial charge in [-0.15, -0.1) is 0 Å². The predicted molar refractivity (Wildman–Crippen MR) is 110 cm³/mol. The van der Waals surface area contributed by atoms with Gasteiger partial charge in [0.25, 0.3) is 11.5 Å². The maximum Gasteiger partial charge on any atom is 0.321 e. The molecular weight excluding hydrogens is 388 g/mol. The minimum absolute atomic E-state index is 0.0204. The highest BCUT2D eigenvalue weighted by molar-refractivity contribution is 5.95. The Morgan fingerprint density at radius 2 is 2.00 bits per heavy atom. The number of para-hydroxylation sites is 1. The number of hydrogen-bond donors (Lipinski definition) is 2. The normalized spacial score (nSPS) is 13.1. The monoisotopic (exact) mass is 414 g/mol. The van der Waals surface area contributed by atoms with Gasteiger partial charge in [-0.3, -0.25) is 24.3 Å². The number of ether oxygens (including phenoxy) is 1. The largest absolute Gasteiger partial charge is 0.456 e. The number of rotatable bonds is 9. The van der Waals surface area contributed by atoms with E-state index in [0.717, 1.165) is 25.7 Å². The van der Waals surface area contributed by atoms with Crippen LogP contribution < -0.4 is 16.2 Å². The molecule has 1 saturated carbocycles. The molecule has 3 rings (SSSR count). The number of aryl methyl sites for hydroxylation is 1. The quantitative estimate of drug-likeness (QED) is 0.477. The van der Waals surface area contributed by atoms with Crippen molar-refractivity contribution in [2.75, 3.05) is 13.2 Å². The maximum absolute atomic E-state index is 12.8. The van der Waals surface area contributed by atoms with E-state index >= 15 is 0 Å². The first-order valence-electron chi connectivity index (χ1n) is 10.2. The van der Waals surface area contributed by atoms with Crippen molar-refractivity contribution < 1.29 is 19.1 Å². The zero-order chi connectivity index (χ0) is 21.5. The van der Waals surface area contributed by atoms with Crippen molar-refractivity contribution in [3.05, 3.63) is 40.4 Å². The summed E-state index contributed by atoms with van der Waals surface area (Å²) in [6.07, 6.45) is 3.77. The number of carbonyl (C=O) groups is 3. The van der Waals surface area contributed by atoms with Crippen LogP contribution in [0.5, 0.6) is 0 Å². The maximum atomic E-state index is 12.8. The first-order chi connectivity index (χ1) is 14.5. The first-order valence-corrected chi connectivity index (χ1v) is 10.2. The smallest absolute Gasteiger partial charge is 0.321 e. The minimum Gasteiger partial charge on any atom is -0.456 e. The summed E-state index contributed by atoms with van der Waals surface area (Å²) < 4.78 is 6.61. The van der Waals surface area contributed by atoms with E-state index in [2.05, 4.69) is 15.6 Å². The molecule has 3 amide bonds. The number of unbranched alkanes of at least 4 members (excludes halogenated alkanes) is 1. The van der Waals surface area contributed by atoms with Gasteiger partial charge in [-0.25, -0.2) is 9.78 Å². The molecule has 1 aromatic heterocycles. The van der Waals surface area contributed by atoms with Crippen molar-refractivity contribution in [1.82, 2.24) is 20.2 Å². The number of nitrogens with one attached hydrogen (secondary N) is 2. The molecule has 1 aromatic carbocycles. The van der Waals surface area contributed by atoms with E-state index in [1.54, 1.807) is 22.8 Å². The van der Waals surface area contributed by atoms with Gasteiger partial charge in [0.05, 0.1) is 17.3 Å². The van der Waals surface area contributed by atoms with Crippen molar-refractivity contribution >= 4 is 28.8 Å². The van der Waals surface area contributed by atoms with Crippen LogP contribution in [0, 0.1) is 0 Å². The number of esters is 1. The van der Waals surface area contributed by atoms with Crippen LogP contribution in [0.25, 0.3) is 10.9 Å². The lowest BCUT2D eigenvalue weighted by Gasteiger charge is -2.12. The van der Waals surface area contributed by atoms with Crippen LogP contribution in [0.3, 0.4) is 0 Å². The second-order valence-electron chi connectivity index (χ2n) is 7.27. The summed E-state index contributed by atoms with van der Waals surface area (Å²) in [6.45, 7) is 1.92.